The predicted octanol–water partition coefficient (Wildman–Crippen LogP) is 2.53. The fourth-order valence-electron chi connectivity index (χ4n) is 3.86. The van der Waals surface area contributed by atoms with Crippen LogP contribution in [0, 0.1) is 12.8 Å². The molecule has 0 amide bonds. The standard InChI is InChI=1S/C21H34N4O2.HI/c1-17(15-24-8-11-26-12-9-24)14-23-21(22-3)25-10-13-27-20(16-25)19-7-5-4-6-18(19)2;/h4-7,17,20H,8-16H2,1-3H3,(H,22,23);1H. The summed E-state index contributed by atoms with van der Waals surface area (Å²) in [5, 5.41) is 3.58. The highest BCUT2D eigenvalue weighted by Gasteiger charge is 2.25. The van der Waals surface area contributed by atoms with Gasteiger partial charge in [0.25, 0.3) is 0 Å². The van der Waals surface area contributed by atoms with E-state index in [1.807, 2.05) is 7.05 Å². The average Bonchev–Trinajstić information content (AvgIpc) is 2.70. The van der Waals surface area contributed by atoms with Gasteiger partial charge in [-0.25, -0.2) is 0 Å². The Balaban J connectivity index is 0.00000280. The summed E-state index contributed by atoms with van der Waals surface area (Å²) in [5.74, 6) is 1.54. The minimum Gasteiger partial charge on any atom is -0.379 e. The Kier molecular flexibility index (Phi) is 9.98. The number of halogens is 1. The highest BCUT2D eigenvalue weighted by molar-refractivity contribution is 14.0. The summed E-state index contributed by atoms with van der Waals surface area (Å²) < 4.78 is 11.5. The first kappa shape index (κ1) is 23.4. The lowest BCUT2D eigenvalue weighted by molar-refractivity contribution is -0.00842. The normalized spacial score (nSPS) is 22.5. The molecule has 2 unspecified atom stereocenters. The molecule has 1 aromatic rings. The summed E-state index contributed by atoms with van der Waals surface area (Å²) in [6.45, 7) is 12.7. The summed E-state index contributed by atoms with van der Waals surface area (Å²) in [6, 6.07) is 8.49. The van der Waals surface area contributed by atoms with Crippen LogP contribution in [0.2, 0.25) is 0 Å². The molecule has 0 saturated carbocycles. The van der Waals surface area contributed by atoms with Crippen molar-refractivity contribution in [2.24, 2.45) is 10.9 Å². The van der Waals surface area contributed by atoms with Crippen molar-refractivity contribution < 1.29 is 9.47 Å². The van der Waals surface area contributed by atoms with E-state index in [0.717, 1.165) is 65.0 Å². The second-order valence-corrected chi connectivity index (χ2v) is 7.61. The van der Waals surface area contributed by atoms with Crippen LogP contribution in [0.1, 0.15) is 24.2 Å². The van der Waals surface area contributed by atoms with Crippen LogP contribution in [0.15, 0.2) is 29.3 Å². The van der Waals surface area contributed by atoms with E-state index in [-0.39, 0.29) is 30.1 Å². The molecule has 6 nitrogen and oxygen atoms in total. The van der Waals surface area contributed by atoms with Gasteiger partial charge in [-0.15, -0.1) is 24.0 Å². The van der Waals surface area contributed by atoms with E-state index in [0.29, 0.717) is 5.92 Å². The fraction of sp³-hybridized carbons (Fsp3) is 0.667. The molecule has 1 N–H and O–H groups in total. The van der Waals surface area contributed by atoms with E-state index in [2.05, 4.69) is 58.2 Å². The largest absolute Gasteiger partial charge is 0.379 e. The number of morpholine rings is 2. The average molecular weight is 502 g/mol. The monoisotopic (exact) mass is 502 g/mol. The molecule has 0 aliphatic carbocycles. The van der Waals surface area contributed by atoms with E-state index >= 15 is 0 Å². The third kappa shape index (κ3) is 6.57. The number of nitrogens with zero attached hydrogens (tertiary/aromatic N) is 3. The second kappa shape index (κ2) is 11.9. The number of guanidine groups is 1. The van der Waals surface area contributed by atoms with Gasteiger partial charge < -0.3 is 19.7 Å². The van der Waals surface area contributed by atoms with Gasteiger partial charge in [0.2, 0.25) is 0 Å². The summed E-state index contributed by atoms with van der Waals surface area (Å²) in [5.41, 5.74) is 2.56. The number of benzene rings is 1. The van der Waals surface area contributed by atoms with E-state index in [4.69, 9.17) is 9.47 Å². The zero-order valence-corrected chi connectivity index (χ0v) is 19.7. The Bertz CT molecular complexity index is 622. The van der Waals surface area contributed by atoms with E-state index < -0.39 is 0 Å². The van der Waals surface area contributed by atoms with Gasteiger partial charge in [-0.2, -0.15) is 0 Å². The highest BCUT2D eigenvalue weighted by Crippen LogP contribution is 2.24. The molecule has 7 heteroatoms. The number of nitrogens with one attached hydrogen (secondary N) is 1. The molecule has 2 atom stereocenters. The molecule has 2 heterocycles. The Labute approximate surface area is 186 Å². The molecule has 2 fully saturated rings. The van der Waals surface area contributed by atoms with E-state index in [1.165, 1.54) is 11.1 Å². The van der Waals surface area contributed by atoms with Crippen LogP contribution in [0.5, 0.6) is 0 Å². The summed E-state index contributed by atoms with van der Waals surface area (Å²) in [6.07, 6.45) is 0.101. The van der Waals surface area contributed by atoms with Crippen LogP contribution in [0.4, 0.5) is 0 Å². The Morgan fingerprint density at radius 1 is 1.21 bits per heavy atom. The van der Waals surface area contributed by atoms with Gasteiger partial charge in [0.1, 0.15) is 6.10 Å². The smallest absolute Gasteiger partial charge is 0.193 e. The van der Waals surface area contributed by atoms with Crippen LogP contribution >= 0.6 is 24.0 Å². The van der Waals surface area contributed by atoms with Crippen molar-refractivity contribution >= 4 is 29.9 Å². The SMILES string of the molecule is CN=C(NCC(C)CN1CCOCC1)N1CCOC(c2ccccc2C)C1.I. The van der Waals surface area contributed by atoms with Crippen LogP contribution in [0.25, 0.3) is 0 Å². The van der Waals surface area contributed by atoms with Crippen molar-refractivity contribution in [2.75, 3.05) is 66.1 Å². The van der Waals surface area contributed by atoms with E-state index in [1.54, 1.807) is 0 Å². The van der Waals surface area contributed by atoms with Crippen LogP contribution in [-0.2, 0) is 9.47 Å². The summed E-state index contributed by atoms with van der Waals surface area (Å²) in [7, 11) is 1.87. The van der Waals surface area contributed by atoms with E-state index in [9.17, 15) is 0 Å². The van der Waals surface area contributed by atoms with Gasteiger partial charge in [-0.1, -0.05) is 31.2 Å². The predicted molar refractivity (Wildman–Crippen MR) is 125 cm³/mol. The number of aliphatic imine (C=N–C) groups is 1. The van der Waals surface area contributed by atoms with Gasteiger partial charge in [0.05, 0.1) is 26.4 Å². The lowest BCUT2D eigenvalue weighted by Gasteiger charge is -2.36. The van der Waals surface area contributed by atoms with Gasteiger partial charge in [0.15, 0.2) is 5.96 Å². The zero-order chi connectivity index (χ0) is 19.1. The molecule has 0 spiro atoms. The quantitative estimate of drug-likeness (QED) is 0.381. The molecule has 2 saturated heterocycles. The van der Waals surface area contributed by atoms with Crippen molar-refractivity contribution in [1.29, 1.82) is 0 Å². The summed E-state index contributed by atoms with van der Waals surface area (Å²) in [4.78, 5) is 9.33. The Morgan fingerprint density at radius 3 is 2.68 bits per heavy atom. The maximum absolute atomic E-state index is 6.05. The fourth-order valence-corrected chi connectivity index (χ4v) is 3.86. The van der Waals surface area contributed by atoms with Crippen molar-refractivity contribution in [2.45, 2.75) is 20.0 Å². The topological polar surface area (TPSA) is 49.3 Å². The second-order valence-electron chi connectivity index (χ2n) is 7.61. The maximum atomic E-state index is 6.05. The van der Waals surface area contributed by atoms with Gasteiger partial charge >= 0.3 is 0 Å². The Hall–Kier alpha value is -0.900. The third-order valence-electron chi connectivity index (χ3n) is 5.40. The first-order valence-electron chi connectivity index (χ1n) is 10.1. The summed E-state index contributed by atoms with van der Waals surface area (Å²) >= 11 is 0. The van der Waals surface area contributed by atoms with Crippen molar-refractivity contribution in [3.8, 4) is 0 Å². The number of rotatable bonds is 5. The first-order valence-corrected chi connectivity index (χ1v) is 10.1. The lowest BCUT2D eigenvalue weighted by atomic mass is 10.0. The molecule has 0 aromatic heterocycles. The molecule has 2 aliphatic rings. The highest BCUT2D eigenvalue weighted by atomic mass is 127. The third-order valence-corrected chi connectivity index (χ3v) is 5.40. The number of hydrogen-bond acceptors (Lipinski definition) is 4. The molecule has 2 aliphatic heterocycles. The first-order chi connectivity index (χ1) is 13.2. The molecule has 158 valence electrons. The van der Waals surface area contributed by atoms with Gasteiger partial charge in [-0.05, 0) is 24.0 Å². The molecule has 1 aromatic carbocycles. The van der Waals surface area contributed by atoms with Crippen molar-refractivity contribution in [3.05, 3.63) is 35.4 Å². The molecule has 28 heavy (non-hydrogen) atoms. The zero-order valence-electron chi connectivity index (χ0n) is 17.4. The number of aryl methyl sites for hydroxylation is 1. The molecular formula is C21H35IN4O2. The van der Waals surface area contributed by atoms with Crippen molar-refractivity contribution in [3.63, 3.8) is 0 Å². The van der Waals surface area contributed by atoms with Crippen LogP contribution in [-0.4, -0.2) is 81.9 Å². The Morgan fingerprint density at radius 2 is 1.96 bits per heavy atom. The minimum atomic E-state index is 0. The molecular weight excluding hydrogens is 467 g/mol. The lowest BCUT2D eigenvalue weighted by Crippen LogP contribution is -2.49. The molecule has 3 rings (SSSR count). The van der Waals surface area contributed by atoms with Gasteiger partial charge in [-0.3, -0.25) is 9.89 Å². The van der Waals surface area contributed by atoms with Crippen LogP contribution in [0.3, 0.4) is 0 Å². The maximum Gasteiger partial charge on any atom is 0.193 e. The van der Waals surface area contributed by atoms with Crippen LogP contribution < -0.4 is 5.32 Å². The minimum absolute atomic E-state index is 0. The molecule has 0 radical (unpaired) electrons. The number of ether oxygens (including phenoxy) is 2. The number of hydrogen-bond donors (Lipinski definition) is 1. The molecule has 0 bridgehead atoms. The van der Waals surface area contributed by atoms with Crippen molar-refractivity contribution in [1.82, 2.24) is 15.1 Å². The van der Waals surface area contributed by atoms with Gasteiger partial charge in [0, 0.05) is 39.8 Å².